The Morgan fingerprint density at radius 1 is 1.07 bits per heavy atom. The van der Waals surface area contributed by atoms with Gasteiger partial charge in [0, 0.05) is 18.7 Å². The van der Waals surface area contributed by atoms with Crippen molar-refractivity contribution in [1.29, 1.82) is 0 Å². The Labute approximate surface area is 265 Å². The molecule has 2 aliphatic rings. The van der Waals surface area contributed by atoms with E-state index in [0.717, 1.165) is 22.5 Å². The summed E-state index contributed by atoms with van der Waals surface area (Å²) in [4.78, 5) is 1.51. The second kappa shape index (κ2) is 12.9. The van der Waals surface area contributed by atoms with Crippen LogP contribution in [-0.2, 0) is 26.0 Å². The van der Waals surface area contributed by atoms with Crippen molar-refractivity contribution in [3.8, 4) is 5.75 Å². The first-order valence-corrected chi connectivity index (χ1v) is 17.8. The number of ether oxygens (including phenoxy) is 1. The highest BCUT2D eigenvalue weighted by Gasteiger charge is 2.37. The van der Waals surface area contributed by atoms with Crippen molar-refractivity contribution in [3.63, 3.8) is 0 Å². The molecule has 0 radical (unpaired) electrons. The Hall–Kier alpha value is -3.13. The Morgan fingerprint density at radius 2 is 1.78 bits per heavy atom. The lowest BCUT2D eigenvalue weighted by atomic mass is 10.0. The van der Waals surface area contributed by atoms with E-state index in [2.05, 4.69) is 0 Å². The third kappa shape index (κ3) is 7.65. The average molecular weight is 687 g/mol. The lowest BCUT2D eigenvalue weighted by molar-refractivity contribution is -0.137. The standard InChI is InChI=1S/C31H31ClF4N2O5S2/c1-21(30-26(32)8-3-9-27(30)33)17-22-10-11-29-28(18-22)38(45(41,42)25-7-2-5-23(19-25)31(34,35)36)20-24(43-29)6-4-12-37-13-15-44(39,40)16-14-37/h2-3,5,7-11,17-19,24H,4,6,12-16,20H2,1H3/b21-17+/t24-/m0/s1. The molecule has 0 aliphatic carbocycles. The number of sulfone groups is 1. The fourth-order valence-corrected chi connectivity index (χ4v) is 8.60. The van der Waals surface area contributed by atoms with Crippen LogP contribution in [0.5, 0.6) is 5.75 Å². The largest absolute Gasteiger partial charge is 0.486 e. The monoisotopic (exact) mass is 686 g/mol. The van der Waals surface area contributed by atoms with Gasteiger partial charge in [-0.25, -0.2) is 21.2 Å². The van der Waals surface area contributed by atoms with Gasteiger partial charge in [0.25, 0.3) is 10.0 Å². The zero-order valence-electron chi connectivity index (χ0n) is 24.2. The molecule has 45 heavy (non-hydrogen) atoms. The zero-order valence-corrected chi connectivity index (χ0v) is 26.6. The van der Waals surface area contributed by atoms with E-state index in [1.807, 2.05) is 4.90 Å². The lowest BCUT2D eigenvalue weighted by Crippen LogP contribution is -2.44. The molecule has 0 N–H and O–H groups in total. The van der Waals surface area contributed by atoms with Crippen LogP contribution in [0.25, 0.3) is 11.6 Å². The number of anilines is 1. The molecule has 1 saturated heterocycles. The molecule has 0 saturated carbocycles. The molecule has 242 valence electrons. The van der Waals surface area contributed by atoms with Crippen molar-refractivity contribution in [2.45, 2.75) is 36.9 Å². The molecule has 2 heterocycles. The molecular formula is C31H31ClF4N2O5S2. The smallest absolute Gasteiger partial charge is 0.416 e. The van der Waals surface area contributed by atoms with Gasteiger partial charge < -0.3 is 9.64 Å². The highest BCUT2D eigenvalue weighted by Crippen LogP contribution is 2.40. The second-order valence-electron chi connectivity index (χ2n) is 11.1. The van der Waals surface area contributed by atoms with Crippen LogP contribution in [0, 0.1) is 5.82 Å². The summed E-state index contributed by atoms with van der Waals surface area (Å²) in [6.07, 6.45) is -2.73. The number of allylic oxidation sites excluding steroid dienone is 1. The minimum Gasteiger partial charge on any atom is -0.486 e. The maximum absolute atomic E-state index is 14.6. The van der Waals surface area contributed by atoms with Crippen LogP contribution in [0.15, 0.2) is 65.6 Å². The predicted octanol–water partition coefficient (Wildman–Crippen LogP) is 6.53. The number of rotatable bonds is 8. The molecule has 3 aromatic rings. The van der Waals surface area contributed by atoms with E-state index in [4.69, 9.17) is 16.3 Å². The maximum atomic E-state index is 14.6. The summed E-state index contributed by atoms with van der Waals surface area (Å²) in [5.74, 6) is -0.129. The number of nitrogens with zero attached hydrogens (tertiary/aromatic N) is 2. The highest BCUT2D eigenvalue weighted by molar-refractivity contribution is 7.93. The van der Waals surface area contributed by atoms with Crippen molar-refractivity contribution in [2.75, 3.05) is 42.0 Å². The summed E-state index contributed by atoms with van der Waals surface area (Å²) >= 11 is 6.22. The van der Waals surface area contributed by atoms with Gasteiger partial charge >= 0.3 is 6.18 Å². The first kappa shape index (κ1) is 33.2. The van der Waals surface area contributed by atoms with E-state index in [1.54, 1.807) is 31.2 Å². The summed E-state index contributed by atoms with van der Waals surface area (Å²) in [6, 6.07) is 12.7. The second-order valence-corrected chi connectivity index (χ2v) is 15.7. The minimum absolute atomic E-state index is 0.0860. The summed E-state index contributed by atoms with van der Waals surface area (Å²) < 4.78 is 114. The van der Waals surface area contributed by atoms with Crippen molar-refractivity contribution in [1.82, 2.24) is 4.90 Å². The third-order valence-electron chi connectivity index (χ3n) is 7.84. The zero-order chi connectivity index (χ0) is 32.6. The van der Waals surface area contributed by atoms with Gasteiger partial charge in [0.2, 0.25) is 0 Å². The highest BCUT2D eigenvalue weighted by atomic mass is 35.5. The van der Waals surface area contributed by atoms with Crippen LogP contribution < -0.4 is 9.04 Å². The number of hydrogen-bond acceptors (Lipinski definition) is 6. The quantitative estimate of drug-likeness (QED) is 0.198. The molecule has 0 unspecified atom stereocenters. The van der Waals surface area contributed by atoms with Crippen LogP contribution in [-0.4, -0.2) is 65.5 Å². The Morgan fingerprint density at radius 3 is 2.47 bits per heavy atom. The van der Waals surface area contributed by atoms with Crippen LogP contribution in [0.4, 0.5) is 23.2 Å². The van der Waals surface area contributed by atoms with Crippen LogP contribution in [0.1, 0.15) is 36.5 Å². The van der Waals surface area contributed by atoms with Crippen molar-refractivity contribution in [2.24, 2.45) is 0 Å². The number of alkyl halides is 3. The summed E-state index contributed by atoms with van der Waals surface area (Å²) in [5.41, 5.74) is 0.202. The SMILES string of the molecule is C/C(=C\c1ccc2c(c1)N(S(=O)(=O)c1cccc(C(F)(F)F)c1)C[C@H](CCCN1CCS(=O)(=O)CC1)O2)c1c(F)cccc1Cl. The van der Waals surface area contributed by atoms with Gasteiger partial charge in [-0.15, -0.1) is 0 Å². The molecule has 1 atom stereocenters. The molecular weight excluding hydrogens is 656 g/mol. The van der Waals surface area contributed by atoms with Crippen LogP contribution in [0.2, 0.25) is 5.02 Å². The minimum atomic E-state index is -4.74. The van der Waals surface area contributed by atoms with Crippen LogP contribution >= 0.6 is 11.6 Å². The fourth-order valence-electron chi connectivity index (χ4n) is 5.47. The number of benzene rings is 3. The Bertz CT molecular complexity index is 1800. The van der Waals surface area contributed by atoms with E-state index < -0.39 is 48.4 Å². The van der Waals surface area contributed by atoms with E-state index in [9.17, 15) is 34.4 Å². The summed E-state index contributed by atoms with van der Waals surface area (Å²) in [5, 5.41) is 0.202. The van der Waals surface area contributed by atoms with Gasteiger partial charge in [0.15, 0.2) is 9.84 Å². The van der Waals surface area contributed by atoms with E-state index in [-0.39, 0.29) is 40.1 Å². The topological polar surface area (TPSA) is 84.0 Å². The van der Waals surface area contributed by atoms with Gasteiger partial charge in [-0.1, -0.05) is 35.9 Å². The van der Waals surface area contributed by atoms with Crippen LogP contribution in [0.3, 0.4) is 0 Å². The molecule has 5 rings (SSSR count). The number of halogens is 5. The molecule has 0 bridgehead atoms. The van der Waals surface area contributed by atoms with Gasteiger partial charge in [0.1, 0.15) is 17.7 Å². The van der Waals surface area contributed by atoms with E-state index in [1.165, 1.54) is 18.2 Å². The third-order valence-corrected chi connectivity index (χ3v) is 11.5. The molecule has 0 spiro atoms. The molecule has 0 amide bonds. The van der Waals surface area contributed by atoms with E-state index >= 15 is 0 Å². The number of fused-ring (bicyclic) bond motifs is 1. The van der Waals surface area contributed by atoms with Gasteiger partial charge in [-0.2, -0.15) is 13.2 Å². The van der Waals surface area contributed by atoms with Gasteiger partial charge in [-0.05, 0) is 79.9 Å². The summed E-state index contributed by atoms with van der Waals surface area (Å²) in [7, 11) is -7.51. The van der Waals surface area contributed by atoms with Crippen molar-refractivity contribution in [3.05, 3.63) is 88.2 Å². The number of sulfonamides is 1. The normalized spacial score (nSPS) is 19.2. The van der Waals surface area contributed by atoms with Gasteiger partial charge in [-0.3, -0.25) is 4.31 Å². The first-order valence-electron chi connectivity index (χ1n) is 14.2. The summed E-state index contributed by atoms with van der Waals surface area (Å²) in [6.45, 7) is 2.92. The Kier molecular flexibility index (Phi) is 9.55. The van der Waals surface area contributed by atoms with Crippen molar-refractivity contribution >= 4 is 48.8 Å². The molecule has 1 fully saturated rings. The first-order chi connectivity index (χ1) is 21.1. The molecule has 14 heteroatoms. The molecule has 2 aliphatic heterocycles. The van der Waals surface area contributed by atoms with E-state index in [0.29, 0.717) is 49.7 Å². The molecule has 7 nitrogen and oxygen atoms in total. The molecule has 3 aromatic carbocycles. The Balaban J connectivity index is 1.46. The van der Waals surface area contributed by atoms with Crippen molar-refractivity contribution < 1.29 is 39.1 Å². The fraction of sp³-hybridized carbons (Fsp3) is 0.355. The molecule has 0 aromatic heterocycles. The van der Waals surface area contributed by atoms with Gasteiger partial charge in [0.05, 0.1) is 39.2 Å². The predicted molar refractivity (Wildman–Crippen MR) is 166 cm³/mol. The number of hydrogen-bond donors (Lipinski definition) is 0. The average Bonchev–Trinajstić information content (AvgIpc) is 2.97. The maximum Gasteiger partial charge on any atom is 0.416 e. The lowest BCUT2D eigenvalue weighted by Gasteiger charge is -2.36.